The predicted molar refractivity (Wildman–Crippen MR) is 116 cm³/mol. The molecule has 0 bridgehead atoms. The van der Waals surface area contributed by atoms with Gasteiger partial charge in [0, 0.05) is 31.6 Å². The molecule has 0 fully saturated rings. The van der Waals surface area contributed by atoms with Gasteiger partial charge < -0.3 is 0 Å². The summed E-state index contributed by atoms with van der Waals surface area (Å²) in [5, 5.41) is 2.59. The van der Waals surface area contributed by atoms with Gasteiger partial charge in [-0.25, -0.2) is 0 Å². The number of hydrogen-bond acceptors (Lipinski definition) is 2. The van der Waals surface area contributed by atoms with E-state index in [9.17, 15) is 0 Å². The van der Waals surface area contributed by atoms with Crippen LogP contribution in [0.15, 0.2) is 48.6 Å². The lowest BCUT2D eigenvalue weighted by Gasteiger charge is -1.98. The van der Waals surface area contributed by atoms with E-state index in [1.54, 1.807) is 33.7 Å². The van der Waals surface area contributed by atoms with E-state index in [4.69, 9.17) is 46.4 Å². The van der Waals surface area contributed by atoms with Crippen molar-refractivity contribution in [3.63, 3.8) is 0 Å². The van der Waals surface area contributed by atoms with Crippen LogP contribution in [-0.2, 0) is 0 Å². The molecule has 126 valence electrons. The van der Waals surface area contributed by atoms with Gasteiger partial charge in [-0.3, -0.25) is 0 Å². The third-order valence-corrected chi connectivity index (χ3v) is 5.82. The smallest absolute Gasteiger partial charge is 0.0426 e. The number of rotatable bonds is 7. The summed E-state index contributed by atoms with van der Waals surface area (Å²) >= 11 is 23.9. The molecule has 0 aliphatic carbocycles. The maximum atomic E-state index is 5.97. The molecule has 0 aliphatic rings. The zero-order chi connectivity index (χ0) is 17.4. The predicted octanol–water partition coefficient (Wildman–Crippen LogP) is 8.41. The number of halogens is 4. The van der Waals surface area contributed by atoms with Crippen molar-refractivity contribution >= 4 is 80.1 Å². The Hall–Kier alpha value is -0.220. The second-order valence-electron chi connectivity index (χ2n) is 4.78. The monoisotopic (exact) mass is 434 g/mol. The van der Waals surface area contributed by atoms with Gasteiger partial charge in [-0.2, -0.15) is 0 Å². The highest BCUT2D eigenvalue weighted by molar-refractivity contribution is 8.76. The van der Waals surface area contributed by atoms with E-state index < -0.39 is 0 Å². The average Bonchev–Trinajstić information content (AvgIpc) is 2.48. The Balaban J connectivity index is 1.69. The first kappa shape index (κ1) is 20.1. The molecule has 0 atom stereocenters. The van der Waals surface area contributed by atoms with Crippen molar-refractivity contribution in [3.8, 4) is 0 Å². The Morgan fingerprint density at radius 1 is 0.583 bits per heavy atom. The van der Waals surface area contributed by atoms with E-state index in [1.807, 2.05) is 36.4 Å². The molecule has 0 saturated carbocycles. The summed E-state index contributed by atoms with van der Waals surface area (Å²) in [5.41, 5.74) is 2.02. The van der Waals surface area contributed by atoms with Crippen LogP contribution in [0.1, 0.15) is 11.1 Å². The normalized spacial score (nSPS) is 11.7. The molecule has 0 aliphatic heterocycles. The van der Waals surface area contributed by atoms with Crippen molar-refractivity contribution in [1.82, 2.24) is 0 Å². The maximum absolute atomic E-state index is 5.97. The molecule has 0 saturated heterocycles. The molecular weight excluding hydrogens is 422 g/mol. The Morgan fingerprint density at radius 3 is 1.25 bits per heavy atom. The minimum atomic E-state index is 0.649. The lowest BCUT2D eigenvalue weighted by Crippen LogP contribution is -1.76. The maximum Gasteiger partial charge on any atom is 0.0426 e. The molecule has 0 N–H and O–H groups in total. The summed E-state index contributed by atoms with van der Waals surface area (Å²) in [4.78, 5) is 0. The number of hydrogen-bond donors (Lipinski definition) is 0. The van der Waals surface area contributed by atoms with Gasteiger partial charge in [-0.05, 0) is 47.5 Å². The van der Waals surface area contributed by atoms with Crippen LogP contribution in [-0.4, -0.2) is 11.5 Å². The Bertz CT molecular complexity index is 638. The van der Waals surface area contributed by atoms with Crippen LogP contribution < -0.4 is 0 Å². The Labute approximate surface area is 170 Å². The van der Waals surface area contributed by atoms with Crippen LogP contribution in [0, 0.1) is 0 Å². The molecule has 0 heterocycles. The van der Waals surface area contributed by atoms with Crippen molar-refractivity contribution in [1.29, 1.82) is 0 Å². The van der Waals surface area contributed by atoms with Gasteiger partial charge in [0.1, 0.15) is 0 Å². The lowest BCUT2D eigenvalue weighted by molar-refractivity contribution is 1.64. The zero-order valence-corrected chi connectivity index (χ0v) is 17.2. The van der Waals surface area contributed by atoms with Gasteiger partial charge in [0.15, 0.2) is 0 Å². The van der Waals surface area contributed by atoms with E-state index in [0.717, 1.165) is 22.6 Å². The third-order valence-electron chi connectivity index (χ3n) is 2.80. The molecule has 24 heavy (non-hydrogen) atoms. The van der Waals surface area contributed by atoms with Gasteiger partial charge in [-0.1, -0.05) is 92.3 Å². The van der Waals surface area contributed by atoms with Gasteiger partial charge in [0.2, 0.25) is 0 Å². The highest BCUT2D eigenvalue weighted by atomic mass is 35.5. The van der Waals surface area contributed by atoms with Gasteiger partial charge in [-0.15, -0.1) is 0 Å². The van der Waals surface area contributed by atoms with Crippen molar-refractivity contribution in [3.05, 3.63) is 79.8 Å². The molecular formula is C18H14Cl4S2. The van der Waals surface area contributed by atoms with Crippen molar-refractivity contribution in [2.45, 2.75) is 0 Å². The molecule has 0 aromatic heterocycles. The highest BCUT2D eigenvalue weighted by Crippen LogP contribution is 2.24. The van der Waals surface area contributed by atoms with Crippen molar-refractivity contribution in [2.24, 2.45) is 0 Å². The first-order valence-electron chi connectivity index (χ1n) is 7.02. The SMILES string of the molecule is Clc1cc(Cl)cc(/C=C/CSSC/C=C/c2cc(Cl)cc(Cl)c2)c1. The van der Waals surface area contributed by atoms with E-state index in [2.05, 4.69) is 12.2 Å². The lowest BCUT2D eigenvalue weighted by atomic mass is 10.2. The van der Waals surface area contributed by atoms with E-state index in [1.165, 1.54) is 0 Å². The van der Waals surface area contributed by atoms with Gasteiger partial charge in [0.05, 0.1) is 0 Å². The molecule has 0 spiro atoms. The van der Waals surface area contributed by atoms with Crippen LogP contribution in [0.4, 0.5) is 0 Å². The third kappa shape index (κ3) is 7.77. The molecule has 2 aromatic carbocycles. The van der Waals surface area contributed by atoms with Gasteiger partial charge >= 0.3 is 0 Å². The largest absolute Gasteiger partial charge is 0.0897 e. The fraction of sp³-hybridized carbons (Fsp3) is 0.111. The highest BCUT2D eigenvalue weighted by Gasteiger charge is 1.96. The summed E-state index contributed by atoms with van der Waals surface area (Å²) in [7, 11) is 3.57. The van der Waals surface area contributed by atoms with E-state index >= 15 is 0 Å². The standard InChI is InChI=1S/C18H14Cl4S2/c19-15-7-13(8-16(20)11-15)3-1-5-23-24-6-2-4-14-9-17(21)12-18(22)10-14/h1-4,7-12H,5-6H2/b3-1+,4-2+. The first-order valence-corrected chi connectivity index (χ1v) is 11.0. The average molecular weight is 436 g/mol. The minimum Gasteiger partial charge on any atom is -0.0897 e. The fourth-order valence-corrected chi connectivity index (χ4v) is 4.56. The van der Waals surface area contributed by atoms with Crippen LogP contribution >= 0.6 is 68.0 Å². The van der Waals surface area contributed by atoms with Crippen molar-refractivity contribution in [2.75, 3.05) is 11.5 Å². The second kappa shape index (κ2) is 10.7. The molecule has 0 amide bonds. The van der Waals surface area contributed by atoms with E-state index in [0.29, 0.717) is 20.1 Å². The Morgan fingerprint density at radius 2 is 0.917 bits per heavy atom. The topological polar surface area (TPSA) is 0 Å². The van der Waals surface area contributed by atoms with Crippen molar-refractivity contribution < 1.29 is 0 Å². The molecule has 0 nitrogen and oxygen atoms in total. The summed E-state index contributed by atoms with van der Waals surface area (Å²) < 4.78 is 0. The van der Waals surface area contributed by atoms with Crippen LogP contribution in [0.5, 0.6) is 0 Å². The summed E-state index contributed by atoms with van der Waals surface area (Å²) in [6.07, 6.45) is 8.24. The molecule has 0 radical (unpaired) electrons. The van der Waals surface area contributed by atoms with Crippen LogP contribution in [0.25, 0.3) is 12.2 Å². The minimum absolute atomic E-state index is 0.649. The summed E-state index contributed by atoms with van der Waals surface area (Å²) in [6.45, 7) is 0. The summed E-state index contributed by atoms with van der Waals surface area (Å²) in [6, 6.07) is 11.0. The molecule has 0 unspecified atom stereocenters. The Kier molecular flexibility index (Phi) is 8.96. The van der Waals surface area contributed by atoms with E-state index in [-0.39, 0.29) is 0 Å². The molecule has 2 rings (SSSR count). The molecule has 6 heteroatoms. The first-order chi connectivity index (χ1) is 11.5. The molecule has 2 aromatic rings. The second-order valence-corrected chi connectivity index (χ2v) is 9.08. The summed E-state index contributed by atoms with van der Waals surface area (Å²) in [5.74, 6) is 1.82. The zero-order valence-electron chi connectivity index (χ0n) is 12.5. The van der Waals surface area contributed by atoms with Crippen LogP contribution in [0.3, 0.4) is 0 Å². The number of benzene rings is 2. The van der Waals surface area contributed by atoms with Gasteiger partial charge in [0.25, 0.3) is 0 Å². The van der Waals surface area contributed by atoms with Crippen LogP contribution in [0.2, 0.25) is 20.1 Å². The quantitative estimate of drug-likeness (QED) is 0.316. The fourth-order valence-electron chi connectivity index (χ4n) is 1.89.